The van der Waals surface area contributed by atoms with Crippen molar-refractivity contribution in [3.05, 3.63) is 58.9 Å². The van der Waals surface area contributed by atoms with Gasteiger partial charge in [0, 0.05) is 29.0 Å². The highest BCUT2D eigenvalue weighted by molar-refractivity contribution is 6.31. The number of rotatable bonds is 4. The molecule has 0 aromatic heterocycles. The van der Waals surface area contributed by atoms with Crippen LogP contribution in [-0.4, -0.2) is 6.54 Å². The number of nitrogens with zero attached hydrogens (tertiary/aromatic N) is 1. The van der Waals surface area contributed by atoms with Gasteiger partial charge in [0.05, 0.1) is 0 Å². The van der Waals surface area contributed by atoms with E-state index >= 15 is 0 Å². The quantitative estimate of drug-likeness (QED) is 0.888. The van der Waals surface area contributed by atoms with Gasteiger partial charge in [-0.25, -0.2) is 4.39 Å². The summed E-state index contributed by atoms with van der Waals surface area (Å²) < 4.78 is 13.0. The molecule has 0 radical (unpaired) electrons. The minimum absolute atomic E-state index is 0.0996. The number of hydrogen-bond acceptors (Lipinski definition) is 2. The Morgan fingerprint density at radius 2 is 1.75 bits per heavy atom. The Hall–Kier alpha value is -1.58. The largest absolute Gasteiger partial charge is 0.342 e. The zero-order valence-electron chi connectivity index (χ0n) is 11.6. The highest BCUT2D eigenvalue weighted by Gasteiger charge is 2.11. The van der Waals surface area contributed by atoms with Crippen molar-refractivity contribution in [2.75, 3.05) is 11.4 Å². The van der Waals surface area contributed by atoms with Gasteiger partial charge in [-0.05, 0) is 55.8 Å². The third kappa shape index (κ3) is 3.11. The van der Waals surface area contributed by atoms with Crippen LogP contribution in [0.2, 0.25) is 5.02 Å². The third-order valence-corrected chi connectivity index (χ3v) is 3.57. The van der Waals surface area contributed by atoms with Gasteiger partial charge in [-0.3, -0.25) is 0 Å². The normalized spacial score (nSPS) is 12.2. The summed E-state index contributed by atoms with van der Waals surface area (Å²) in [4.78, 5) is 2.07. The van der Waals surface area contributed by atoms with Gasteiger partial charge in [0.25, 0.3) is 0 Å². The van der Waals surface area contributed by atoms with Crippen molar-refractivity contribution in [3.63, 3.8) is 0 Å². The van der Waals surface area contributed by atoms with E-state index in [1.54, 1.807) is 12.1 Å². The molecule has 2 nitrogen and oxygen atoms in total. The van der Waals surface area contributed by atoms with Gasteiger partial charge >= 0.3 is 0 Å². The van der Waals surface area contributed by atoms with Gasteiger partial charge in [-0.1, -0.05) is 17.7 Å². The first-order chi connectivity index (χ1) is 9.52. The second-order valence-electron chi connectivity index (χ2n) is 4.72. The Bertz CT molecular complexity index is 582. The van der Waals surface area contributed by atoms with E-state index in [0.29, 0.717) is 5.02 Å². The van der Waals surface area contributed by atoms with Gasteiger partial charge < -0.3 is 10.6 Å². The first-order valence-corrected chi connectivity index (χ1v) is 6.99. The topological polar surface area (TPSA) is 29.3 Å². The van der Waals surface area contributed by atoms with E-state index in [1.165, 1.54) is 12.1 Å². The summed E-state index contributed by atoms with van der Waals surface area (Å²) in [6, 6.07) is 12.1. The van der Waals surface area contributed by atoms with E-state index in [4.69, 9.17) is 17.3 Å². The molecule has 0 bridgehead atoms. The fourth-order valence-electron chi connectivity index (χ4n) is 2.19. The van der Waals surface area contributed by atoms with Crippen LogP contribution in [-0.2, 0) is 0 Å². The molecule has 0 amide bonds. The third-order valence-electron chi connectivity index (χ3n) is 3.24. The molecule has 0 aliphatic rings. The fraction of sp³-hybridized carbons (Fsp3) is 0.250. The first-order valence-electron chi connectivity index (χ1n) is 6.61. The van der Waals surface area contributed by atoms with Crippen LogP contribution in [0.5, 0.6) is 0 Å². The van der Waals surface area contributed by atoms with Gasteiger partial charge in [0.2, 0.25) is 0 Å². The van der Waals surface area contributed by atoms with Gasteiger partial charge in [0.15, 0.2) is 0 Å². The molecule has 0 saturated carbocycles. The van der Waals surface area contributed by atoms with Crippen LogP contribution in [0.15, 0.2) is 42.5 Å². The number of hydrogen-bond donors (Lipinski definition) is 1. The van der Waals surface area contributed by atoms with Gasteiger partial charge in [0.1, 0.15) is 5.82 Å². The Morgan fingerprint density at radius 1 is 1.15 bits per heavy atom. The fourth-order valence-corrected chi connectivity index (χ4v) is 2.54. The van der Waals surface area contributed by atoms with E-state index in [9.17, 15) is 4.39 Å². The molecule has 0 aliphatic carbocycles. The van der Waals surface area contributed by atoms with Crippen molar-refractivity contribution in [1.29, 1.82) is 0 Å². The van der Waals surface area contributed by atoms with Crippen molar-refractivity contribution in [2.24, 2.45) is 5.73 Å². The lowest BCUT2D eigenvalue weighted by Crippen LogP contribution is -2.16. The maximum atomic E-state index is 13.0. The smallest absolute Gasteiger partial charge is 0.123 e. The lowest BCUT2D eigenvalue weighted by Gasteiger charge is -2.24. The van der Waals surface area contributed by atoms with Crippen LogP contribution in [0.3, 0.4) is 0 Å². The average molecular weight is 293 g/mol. The second-order valence-corrected chi connectivity index (χ2v) is 5.12. The number of anilines is 2. The second kappa shape index (κ2) is 6.25. The number of halogens is 2. The van der Waals surface area contributed by atoms with Crippen molar-refractivity contribution in [2.45, 2.75) is 19.9 Å². The Morgan fingerprint density at radius 3 is 2.25 bits per heavy atom. The molecule has 0 saturated heterocycles. The summed E-state index contributed by atoms with van der Waals surface area (Å²) in [5.74, 6) is -0.241. The summed E-state index contributed by atoms with van der Waals surface area (Å²) >= 11 is 6.27. The van der Waals surface area contributed by atoms with Crippen LogP contribution in [0.4, 0.5) is 15.8 Å². The predicted octanol–water partition coefficient (Wildman–Crippen LogP) is 4.66. The van der Waals surface area contributed by atoms with Crippen LogP contribution < -0.4 is 10.6 Å². The zero-order chi connectivity index (χ0) is 14.7. The van der Waals surface area contributed by atoms with E-state index in [0.717, 1.165) is 23.5 Å². The molecule has 0 fully saturated rings. The average Bonchev–Trinajstić information content (AvgIpc) is 2.41. The Balaban J connectivity index is 2.37. The SMILES string of the molecule is CCN(c1ccc(F)cc1)c1ccc(C(C)N)c(Cl)c1. The highest BCUT2D eigenvalue weighted by Crippen LogP contribution is 2.31. The molecule has 2 aromatic rings. The molecule has 0 spiro atoms. The minimum Gasteiger partial charge on any atom is -0.342 e. The van der Waals surface area contributed by atoms with E-state index in [1.807, 2.05) is 32.0 Å². The molecule has 106 valence electrons. The summed E-state index contributed by atoms with van der Waals surface area (Å²) in [6.45, 7) is 4.70. The van der Waals surface area contributed by atoms with Crippen LogP contribution in [0.25, 0.3) is 0 Å². The Kier molecular flexibility index (Phi) is 4.63. The summed E-state index contributed by atoms with van der Waals surface area (Å²) in [7, 11) is 0. The number of benzene rings is 2. The van der Waals surface area contributed by atoms with Crippen LogP contribution in [0.1, 0.15) is 25.5 Å². The molecule has 2 rings (SSSR count). The van der Waals surface area contributed by atoms with E-state index in [-0.39, 0.29) is 11.9 Å². The lowest BCUT2D eigenvalue weighted by molar-refractivity contribution is 0.628. The molecule has 1 atom stereocenters. The molecule has 0 aliphatic heterocycles. The zero-order valence-corrected chi connectivity index (χ0v) is 12.4. The van der Waals surface area contributed by atoms with E-state index < -0.39 is 0 Å². The lowest BCUT2D eigenvalue weighted by atomic mass is 10.1. The molecule has 20 heavy (non-hydrogen) atoms. The molecular weight excluding hydrogens is 275 g/mol. The molecule has 2 aromatic carbocycles. The first kappa shape index (κ1) is 14.8. The summed E-state index contributed by atoms with van der Waals surface area (Å²) in [6.07, 6.45) is 0. The Labute approximate surface area is 124 Å². The van der Waals surface area contributed by atoms with Crippen molar-refractivity contribution >= 4 is 23.0 Å². The maximum absolute atomic E-state index is 13.0. The minimum atomic E-state index is -0.241. The van der Waals surface area contributed by atoms with Crippen molar-refractivity contribution < 1.29 is 4.39 Å². The van der Waals surface area contributed by atoms with Crippen molar-refractivity contribution in [1.82, 2.24) is 0 Å². The summed E-state index contributed by atoms with van der Waals surface area (Å²) in [5, 5.41) is 0.651. The van der Waals surface area contributed by atoms with E-state index in [2.05, 4.69) is 4.90 Å². The molecule has 0 heterocycles. The predicted molar refractivity (Wildman–Crippen MR) is 83.1 cm³/mol. The molecule has 4 heteroatoms. The van der Waals surface area contributed by atoms with Crippen molar-refractivity contribution in [3.8, 4) is 0 Å². The standard InChI is InChI=1S/C16H18ClFN2/c1-3-20(13-6-4-12(18)5-7-13)14-8-9-15(11(2)19)16(17)10-14/h4-11H,3,19H2,1-2H3. The van der Waals surface area contributed by atoms with Crippen LogP contribution in [0, 0.1) is 5.82 Å². The molecular formula is C16H18ClFN2. The molecule has 1 unspecified atom stereocenters. The van der Waals surface area contributed by atoms with Gasteiger partial charge in [-0.15, -0.1) is 0 Å². The monoisotopic (exact) mass is 292 g/mol. The summed E-state index contributed by atoms with van der Waals surface area (Å²) in [5.41, 5.74) is 8.68. The molecule has 2 N–H and O–H groups in total. The van der Waals surface area contributed by atoms with Gasteiger partial charge in [-0.2, -0.15) is 0 Å². The number of nitrogens with two attached hydrogens (primary N) is 1. The maximum Gasteiger partial charge on any atom is 0.123 e. The highest BCUT2D eigenvalue weighted by atomic mass is 35.5. The van der Waals surface area contributed by atoms with Crippen LogP contribution >= 0.6 is 11.6 Å².